The highest BCUT2D eigenvalue weighted by atomic mass is 16.5. The molecule has 4 nitrogen and oxygen atoms in total. The molecule has 2 aromatic carbocycles. The van der Waals surface area contributed by atoms with E-state index >= 15 is 0 Å². The molecule has 0 saturated carbocycles. The second kappa shape index (κ2) is 7.12. The van der Waals surface area contributed by atoms with Crippen molar-refractivity contribution >= 4 is 18.4 Å². The van der Waals surface area contributed by atoms with Crippen molar-refractivity contribution in [1.82, 2.24) is 0 Å². The summed E-state index contributed by atoms with van der Waals surface area (Å²) in [4.78, 5) is 11.3. The van der Waals surface area contributed by atoms with Crippen molar-refractivity contribution in [3.05, 3.63) is 54.1 Å². The van der Waals surface area contributed by atoms with Gasteiger partial charge in [-0.2, -0.15) is 0 Å². The molecule has 0 aromatic heterocycles. The molecule has 132 valence electrons. The number of ketones is 1. The van der Waals surface area contributed by atoms with Crippen molar-refractivity contribution in [2.75, 3.05) is 0 Å². The molecule has 0 aliphatic heterocycles. The van der Waals surface area contributed by atoms with Gasteiger partial charge >= 0.3 is 7.12 Å². The predicted molar refractivity (Wildman–Crippen MR) is 101 cm³/mol. The molecule has 0 aliphatic rings. The van der Waals surface area contributed by atoms with Gasteiger partial charge in [0.25, 0.3) is 0 Å². The van der Waals surface area contributed by atoms with Gasteiger partial charge in [0.2, 0.25) is 0 Å². The van der Waals surface area contributed by atoms with E-state index in [2.05, 4.69) is 0 Å². The second-order valence-electron chi connectivity index (χ2n) is 7.30. The molecule has 0 amide bonds. The van der Waals surface area contributed by atoms with Crippen molar-refractivity contribution in [3.63, 3.8) is 0 Å². The van der Waals surface area contributed by atoms with Crippen LogP contribution < -0.4 is 5.46 Å². The fourth-order valence-corrected chi connectivity index (χ4v) is 2.23. The number of hydrogen-bond donors (Lipinski definition) is 2. The molecular weight excluding hydrogens is 315 g/mol. The Morgan fingerprint density at radius 3 is 1.76 bits per heavy atom. The zero-order valence-electron chi connectivity index (χ0n) is 15.4. The van der Waals surface area contributed by atoms with Crippen LogP contribution in [-0.4, -0.2) is 34.2 Å². The smallest absolute Gasteiger partial charge is 0.423 e. The molecule has 2 rings (SSSR count). The first kappa shape index (κ1) is 19.4. The van der Waals surface area contributed by atoms with Crippen LogP contribution in [0.5, 0.6) is 0 Å². The summed E-state index contributed by atoms with van der Waals surface area (Å²) in [6, 6.07) is 14.8. The number of Topliss-reactive ketones (excluding diaryl/α,β-unsaturated/α-hetero) is 1. The summed E-state index contributed by atoms with van der Waals surface area (Å²) < 4.78 is 5.64. The number of hydrogen-bond acceptors (Lipinski definition) is 4. The Balaban J connectivity index is 2.15. The summed E-state index contributed by atoms with van der Waals surface area (Å²) in [6.45, 7) is 8.31. The molecule has 0 atom stereocenters. The van der Waals surface area contributed by atoms with Gasteiger partial charge < -0.3 is 14.8 Å². The van der Waals surface area contributed by atoms with Crippen LogP contribution in [0.25, 0.3) is 11.1 Å². The highest BCUT2D eigenvalue weighted by Crippen LogP contribution is 2.25. The maximum absolute atomic E-state index is 11.3. The molecule has 5 heteroatoms. The SMILES string of the molecule is CC(=O)c1ccc(-c2ccc(B(O)OC(C)(C)C(C)(C)O)cc2)cc1. The van der Waals surface area contributed by atoms with Crippen LogP contribution in [0, 0.1) is 0 Å². The third-order valence-electron chi connectivity index (χ3n) is 4.70. The quantitative estimate of drug-likeness (QED) is 0.627. The van der Waals surface area contributed by atoms with E-state index in [9.17, 15) is 14.9 Å². The number of carbonyl (C=O) groups is 1. The maximum atomic E-state index is 11.3. The van der Waals surface area contributed by atoms with Gasteiger partial charge in [-0.3, -0.25) is 4.79 Å². The van der Waals surface area contributed by atoms with Crippen molar-refractivity contribution < 1.29 is 19.6 Å². The first-order chi connectivity index (χ1) is 11.5. The fourth-order valence-electron chi connectivity index (χ4n) is 2.23. The molecule has 0 aliphatic carbocycles. The zero-order chi connectivity index (χ0) is 18.8. The first-order valence-electron chi connectivity index (χ1n) is 8.31. The molecule has 0 spiro atoms. The van der Waals surface area contributed by atoms with E-state index in [4.69, 9.17) is 4.65 Å². The van der Waals surface area contributed by atoms with Crippen LogP contribution in [0.3, 0.4) is 0 Å². The standard InChI is InChI=1S/C20H25BO4/c1-14(22)15-6-8-16(9-7-15)17-10-12-18(13-11-17)21(24)25-20(4,5)19(2,3)23/h6-13,23-24H,1-5H3. The third kappa shape index (κ3) is 4.57. The summed E-state index contributed by atoms with van der Waals surface area (Å²) in [5, 5.41) is 20.4. The number of carbonyl (C=O) groups excluding carboxylic acids is 1. The van der Waals surface area contributed by atoms with Crippen LogP contribution in [0.2, 0.25) is 0 Å². The van der Waals surface area contributed by atoms with Crippen molar-refractivity contribution in [2.24, 2.45) is 0 Å². The Bertz CT molecular complexity index is 728. The number of rotatable bonds is 6. The van der Waals surface area contributed by atoms with Gasteiger partial charge in [-0.25, -0.2) is 0 Å². The molecular formula is C20H25BO4. The number of benzene rings is 2. The largest absolute Gasteiger partial charge is 0.491 e. The molecule has 0 unspecified atom stereocenters. The van der Waals surface area contributed by atoms with Crippen LogP contribution in [0.15, 0.2) is 48.5 Å². The lowest BCUT2D eigenvalue weighted by Gasteiger charge is -2.38. The Morgan fingerprint density at radius 2 is 1.36 bits per heavy atom. The summed E-state index contributed by atoms with van der Waals surface area (Å²) in [7, 11) is -1.13. The van der Waals surface area contributed by atoms with Crippen LogP contribution in [0.4, 0.5) is 0 Å². The minimum absolute atomic E-state index is 0.0385. The van der Waals surface area contributed by atoms with Gasteiger partial charge in [-0.1, -0.05) is 48.5 Å². The van der Waals surface area contributed by atoms with Gasteiger partial charge in [0.1, 0.15) is 0 Å². The Labute approximate surface area is 149 Å². The lowest BCUT2D eigenvalue weighted by molar-refractivity contribution is -0.0982. The fraction of sp³-hybridized carbons (Fsp3) is 0.350. The van der Waals surface area contributed by atoms with E-state index in [0.29, 0.717) is 11.0 Å². The van der Waals surface area contributed by atoms with Gasteiger partial charge in [0, 0.05) is 5.56 Å². The average Bonchev–Trinajstić information content (AvgIpc) is 2.53. The van der Waals surface area contributed by atoms with Crippen molar-refractivity contribution in [2.45, 2.75) is 45.8 Å². The van der Waals surface area contributed by atoms with Gasteiger partial charge in [0.15, 0.2) is 5.78 Å². The van der Waals surface area contributed by atoms with Crippen molar-refractivity contribution in [1.29, 1.82) is 0 Å². The lowest BCUT2D eigenvalue weighted by Crippen LogP contribution is -2.53. The van der Waals surface area contributed by atoms with E-state index in [1.165, 1.54) is 0 Å². The molecule has 0 bridgehead atoms. The summed E-state index contributed by atoms with van der Waals surface area (Å²) in [5.41, 5.74) is 1.26. The monoisotopic (exact) mass is 340 g/mol. The summed E-state index contributed by atoms with van der Waals surface area (Å²) in [6.07, 6.45) is 0. The molecule has 2 N–H and O–H groups in total. The Kier molecular flexibility index (Phi) is 5.52. The van der Waals surface area contributed by atoms with Crippen LogP contribution >= 0.6 is 0 Å². The first-order valence-corrected chi connectivity index (χ1v) is 8.31. The molecule has 0 radical (unpaired) electrons. The van der Waals surface area contributed by atoms with E-state index in [-0.39, 0.29) is 5.78 Å². The second-order valence-corrected chi connectivity index (χ2v) is 7.30. The Hall–Kier alpha value is -1.95. The molecule has 0 fully saturated rings. The van der Waals surface area contributed by atoms with Gasteiger partial charge in [-0.15, -0.1) is 0 Å². The normalized spacial score (nSPS) is 12.1. The lowest BCUT2D eigenvalue weighted by atomic mass is 9.76. The predicted octanol–water partition coefficient (Wildman–Crippen LogP) is 2.81. The van der Waals surface area contributed by atoms with E-state index in [1.807, 2.05) is 24.3 Å². The topological polar surface area (TPSA) is 66.8 Å². The van der Waals surface area contributed by atoms with Crippen LogP contribution in [0.1, 0.15) is 45.0 Å². The minimum Gasteiger partial charge on any atom is -0.423 e. The highest BCUT2D eigenvalue weighted by Gasteiger charge is 2.39. The average molecular weight is 340 g/mol. The minimum atomic E-state index is -1.13. The summed E-state index contributed by atoms with van der Waals surface area (Å²) >= 11 is 0. The van der Waals surface area contributed by atoms with E-state index < -0.39 is 18.3 Å². The molecule has 0 saturated heterocycles. The molecule has 25 heavy (non-hydrogen) atoms. The maximum Gasteiger partial charge on any atom is 0.491 e. The van der Waals surface area contributed by atoms with E-state index in [1.54, 1.807) is 58.9 Å². The summed E-state index contributed by atoms with van der Waals surface area (Å²) in [5.74, 6) is 0.0385. The Morgan fingerprint density at radius 1 is 0.920 bits per heavy atom. The van der Waals surface area contributed by atoms with Crippen molar-refractivity contribution in [3.8, 4) is 11.1 Å². The van der Waals surface area contributed by atoms with E-state index in [0.717, 1.165) is 11.1 Å². The molecule has 0 heterocycles. The highest BCUT2D eigenvalue weighted by molar-refractivity contribution is 6.60. The zero-order valence-corrected chi connectivity index (χ0v) is 15.4. The van der Waals surface area contributed by atoms with Crippen LogP contribution in [-0.2, 0) is 4.65 Å². The number of aliphatic hydroxyl groups is 1. The molecule has 2 aromatic rings. The van der Waals surface area contributed by atoms with Gasteiger partial charge in [0.05, 0.1) is 11.2 Å². The van der Waals surface area contributed by atoms with Gasteiger partial charge in [-0.05, 0) is 51.2 Å². The third-order valence-corrected chi connectivity index (χ3v) is 4.70.